The van der Waals surface area contributed by atoms with Gasteiger partial charge in [0.25, 0.3) is 5.91 Å². The molecule has 3 heterocycles. The normalized spacial score (nSPS) is 15.9. The molecule has 1 fully saturated rings. The Labute approximate surface area is 191 Å². The molecule has 0 saturated heterocycles. The number of carbonyl (C=O) groups excluding carboxylic acids is 3. The molecule has 1 N–H and O–H groups in total. The molecule has 0 unspecified atom stereocenters. The van der Waals surface area contributed by atoms with Crippen LogP contribution in [0.3, 0.4) is 0 Å². The van der Waals surface area contributed by atoms with Crippen molar-refractivity contribution in [3.8, 4) is 11.1 Å². The predicted molar refractivity (Wildman–Crippen MR) is 121 cm³/mol. The van der Waals surface area contributed by atoms with Gasteiger partial charge in [0.05, 0.1) is 12.2 Å². The van der Waals surface area contributed by atoms with E-state index < -0.39 is 6.67 Å². The molecule has 2 aliphatic rings. The standard InChI is InChI=1S/C24H26FN5O3/c1-29(18-7-8-18)24(33)23-17(15-31)4-3-11-30(23)14-22(32)28-21-9-6-16(13-27-21)19-5-2-10-26-20(19)12-25/h2,5-6,9-10,13,15,18H,3-4,7-8,11-12,14H2,1H3,(H,27,28,32). The summed E-state index contributed by atoms with van der Waals surface area (Å²) in [7, 11) is 1.74. The number of aromatic nitrogens is 2. The van der Waals surface area contributed by atoms with E-state index in [1.54, 1.807) is 47.3 Å². The molecule has 4 rings (SSSR count). The van der Waals surface area contributed by atoms with Gasteiger partial charge in [0.2, 0.25) is 5.91 Å². The first-order valence-corrected chi connectivity index (χ1v) is 11.0. The number of alkyl halides is 1. The highest BCUT2D eigenvalue weighted by Gasteiger charge is 2.35. The summed E-state index contributed by atoms with van der Waals surface area (Å²) < 4.78 is 13.2. The molecule has 8 nitrogen and oxygen atoms in total. The van der Waals surface area contributed by atoms with E-state index in [9.17, 15) is 18.8 Å². The quantitative estimate of drug-likeness (QED) is 0.620. The van der Waals surface area contributed by atoms with Gasteiger partial charge in [-0.15, -0.1) is 0 Å². The van der Waals surface area contributed by atoms with Crippen LogP contribution in [0.2, 0.25) is 0 Å². The van der Waals surface area contributed by atoms with Crippen molar-refractivity contribution in [2.24, 2.45) is 0 Å². The predicted octanol–water partition coefficient (Wildman–Crippen LogP) is 2.72. The molecular formula is C24H26FN5O3. The van der Waals surface area contributed by atoms with E-state index in [4.69, 9.17) is 0 Å². The number of hydrogen-bond donors (Lipinski definition) is 1. The van der Waals surface area contributed by atoms with Gasteiger partial charge in [-0.1, -0.05) is 6.07 Å². The Kier molecular flexibility index (Phi) is 6.76. The van der Waals surface area contributed by atoms with Crippen molar-refractivity contribution in [3.05, 3.63) is 53.6 Å². The number of likely N-dealkylation sites (N-methyl/N-ethyl adjacent to an activating group) is 1. The zero-order valence-electron chi connectivity index (χ0n) is 18.5. The number of hydrogen-bond acceptors (Lipinski definition) is 6. The van der Waals surface area contributed by atoms with E-state index in [1.807, 2.05) is 0 Å². The molecule has 0 bridgehead atoms. The summed E-state index contributed by atoms with van der Waals surface area (Å²) in [6.45, 7) is -0.226. The van der Waals surface area contributed by atoms with Crippen LogP contribution in [0.5, 0.6) is 0 Å². The van der Waals surface area contributed by atoms with Crippen molar-refractivity contribution >= 4 is 23.9 Å². The van der Waals surface area contributed by atoms with Gasteiger partial charge in [-0.25, -0.2) is 9.37 Å². The van der Waals surface area contributed by atoms with Crippen LogP contribution in [0, 0.1) is 0 Å². The number of rotatable bonds is 8. The lowest BCUT2D eigenvalue weighted by atomic mass is 10.0. The molecular weight excluding hydrogens is 425 g/mol. The van der Waals surface area contributed by atoms with Crippen LogP contribution >= 0.6 is 0 Å². The molecule has 2 aromatic rings. The van der Waals surface area contributed by atoms with Crippen LogP contribution in [0.4, 0.5) is 10.2 Å². The van der Waals surface area contributed by atoms with Crippen LogP contribution in [0.15, 0.2) is 47.9 Å². The number of nitrogens with zero attached hydrogens (tertiary/aromatic N) is 4. The second-order valence-electron chi connectivity index (χ2n) is 8.28. The summed E-state index contributed by atoms with van der Waals surface area (Å²) in [5, 5.41) is 2.74. The Bertz CT molecular complexity index is 1080. The maximum Gasteiger partial charge on any atom is 0.270 e. The molecule has 1 aliphatic carbocycles. The monoisotopic (exact) mass is 451 g/mol. The van der Waals surface area contributed by atoms with Gasteiger partial charge in [0, 0.05) is 48.7 Å². The number of anilines is 1. The van der Waals surface area contributed by atoms with Crippen LogP contribution < -0.4 is 5.32 Å². The highest BCUT2D eigenvalue weighted by molar-refractivity contribution is 6.00. The van der Waals surface area contributed by atoms with Crippen molar-refractivity contribution < 1.29 is 18.8 Å². The number of nitrogens with one attached hydrogen (secondary N) is 1. The Hall–Kier alpha value is -3.62. The molecule has 172 valence electrons. The zero-order chi connectivity index (χ0) is 23.4. The summed E-state index contributed by atoms with van der Waals surface area (Å²) in [5.74, 6) is -0.212. The van der Waals surface area contributed by atoms with Gasteiger partial charge in [0.15, 0.2) is 0 Å². The van der Waals surface area contributed by atoms with Gasteiger partial charge in [-0.3, -0.25) is 19.4 Å². The van der Waals surface area contributed by atoms with Crippen LogP contribution in [0.1, 0.15) is 31.4 Å². The van der Waals surface area contributed by atoms with E-state index in [0.717, 1.165) is 19.1 Å². The molecule has 33 heavy (non-hydrogen) atoms. The maximum absolute atomic E-state index is 13.2. The summed E-state index contributed by atoms with van der Waals surface area (Å²) in [6.07, 6.45) is 6.95. The maximum atomic E-state index is 13.2. The van der Waals surface area contributed by atoms with Crippen molar-refractivity contribution in [2.75, 3.05) is 25.5 Å². The number of halogens is 1. The summed E-state index contributed by atoms with van der Waals surface area (Å²) in [4.78, 5) is 49.0. The molecule has 2 amide bonds. The van der Waals surface area contributed by atoms with Crippen LogP contribution in [-0.2, 0) is 21.1 Å². The Morgan fingerprint density at radius 3 is 2.76 bits per heavy atom. The SMILES string of the molecule is CN(C(=O)C1=C(C=O)CCCN1CC(=O)Nc1ccc(-c2cccnc2CF)cn1)C1CC1. The van der Waals surface area contributed by atoms with E-state index in [-0.39, 0.29) is 24.4 Å². The molecule has 0 spiro atoms. The van der Waals surface area contributed by atoms with Gasteiger partial charge in [-0.05, 0) is 43.9 Å². The Morgan fingerprint density at radius 2 is 2.09 bits per heavy atom. The largest absolute Gasteiger partial charge is 0.357 e. The van der Waals surface area contributed by atoms with E-state index in [1.165, 1.54) is 6.20 Å². The van der Waals surface area contributed by atoms with Crippen LogP contribution in [0.25, 0.3) is 11.1 Å². The fourth-order valence-corrected chi connectivity index (χ4v) is 4.02. The van der Waals surface area contributed by atoms with Crippen molar-refractivity contribution in [3.63, 3.8) is 0 Å². The fraction of sp³-hybridized carbons (Fsp3) is 0.375. The minimum atomic E-state index is -0.683. The minimum absolute atomic E-state index is 0.0606. The molecule has 2 aromatic heterocycles. The third kappa shape index (κ3) is 5.08. The third-order valence-corrected chi connectivity index (χ3v) is 5.95. The van der Waals surface area contributed by atoms with Gasteiger partial charge in [-0.2, -0.15) is 0 Å². The number of carbonyl (C=O) groups is 3. The highest BCUT2D eigenvalue weighted by atomic mass is 19.1. The summed E-state index contributed by atoms with van der Waals surface area (Å²) >= 11 is 0. The van der Waals surface area contributed by atoms with Gasteiger partial charge in [0.1, 0.15) is 24.5 Å². The number of pyridine rings is 2. The van der Waals surface area contributed by atoms with Crippen molar-refractivity contribution in [1.82, 2.24) is 19.8 Å². The highest BCUT2D eigenvalue weighted by Crippen LogP contribution is 2.30. The second-order valence-corrected chi connectivity index (χ2v) is 8.28. The van der Waals surface area contributed by atoms with Gasteiger partial charge < -0.3 is 15.1 Å². The first kappa shape index (κ1) is 22.6. The van der Waals surface area contributed by atoms with Gasteiger partial charge >= 0.3 is 0 Å². The fourth-order valence-electron chi connectivity index (χ4n) is 4.02. The smallest absolute Gasteiger partial charge is 0.270 e. The Morgan fingerprint density at radius 1 is 1.27 bits per heavy atom. The first-order valence-electron chi connectivity index (χ1n) is 11.0. The van der Waals surface area contributed by atoms with E-state index in [0.29, 0.717) is 53.3 Å². The second kappa shape index (κ2) is 9.89. The minimum Gasteiger partial charge on any atom is -0.357 e. The zero-order valence-corrected chi connectivity index (χ0v) is 18.5. The first-order chi connectivity index (χ1) is 16.0. The average Bonchev–Trinajstić information content (AvgIpc) is 3.69. The molecule has 0 atom stereocenters. The number of allylic oxidation sites excluding steroid dienone is 1. The molecule has 9 heteroatoms. The summed E-state index contributed by atoms with van der Waals surface area (Å²) in [5.41, 5.74) is 2.42. The lowest BCUT2D eigenvalue weighted by Crippen LogP contribution is -2.43. The average molecular weight is 452 g/mol. The van der Waals surface area contributed by atoms with Crippen molar-refractivity contribution in [2.45, 2.75) is 38.4 Å². The third-order valence-electron chi connectivity index (χ3n) is 5.95. The molecule has 1 saturated carbocycles. The lowest BCUT2D eigenvalue weighted by Gasteiger charge is -2.33. The molecule has 0 aromatic carbocycles. The number of aldehydes is 1. The topological polar surface area (TPSA) is 95.5 Å². The molecule has 1 aliphatic heterocycles. The van der Waals surface area contributed by atoms with Crippen molar-refractivity contribution in [1.29, 1.82) is 0 Å². The Balaban J connectivity index is 1.45. The lowest BCUT2D eigenvalue weighted by molar-refractivity contribution is -0.129. The number of amides is 2. The van der Waals surface area contributed by atoms with E-state index >= 15 is 0 Å². The van der Waals surface area contributed by atoms with E-state index in [2.05, 4.69) is 15.3 Å². The molecule has 0 radical (unpaired) electrons. The van der Waals surface area contributed by atoms with Crippen LogP contribution in [-0.4, -0.2) is 64.0 Å². The summed E-state index contributed by atoms with van der Waals surface area (Å²) in [6, 6.07) is 7.07.